The highest BCUT2D eigenvalue weighted by atomic mass is 19.1. The molecule has 1 rings (SSSR count). The van der Waals surface area contributed by atoms with Crippen molar-refractivity contribution in [3.05, 3.63) is 0 Å². The lowest BCUT2D eigenvalue weighted by molar-refractivity contribution is 0.125. The topological polar surface area (TPSA) is 23.6 Å². The van der Waals surface area contributed by atoms with Gasteiger partial charge in [0.05, 0.1) is 0 Å². The van der Waals surface area contributed by atoms with Crippen LogP contribution in [0.1, 0.15) is 19.8 Å². The van der Waals surface area contributed by atoms with Crippen LogP contribution in [0, 0.1) is 0 Å². The van der Waals surface area contributed by atoms with Gasteiger partial charge in [0.1, 0.15) is 0 Å². The van der Waals surface area contributed by atoms with Crippen molar-refractivity contribution >= 4 is 6.16 Å². The molecular formula is C9H17FN2O. The highest BCUT2D eigenvalue weighted by molar-refractivity contribution is 5.66. The van der Waals surface area contributed by atoms with Gasteiger partial charge in [0.2, 0.25) is 0 Å². The van der Waals surface area contributed by atoms with E-state index >= 15 is 0 Å². The summed E-state index contributed by atoms with van der Waals surface area (Å²) in [5, 5.41) is 0. The second-order valence-corrected chi connectivity index (χ2v) is 3.54. The Labute approximate surface area is 78.5 Å². The molecule has 0 aromatic carbocycles. The summed E-state index contributed by atoms with van der Waals surface area (Å²) in [4.78, 5) is 13.9. The Morgan fingerprint density at radius 3 is 2.46 bits per heavy atom. The van der Waals surface area contributed by atoms with E-state index in [1.54, 1.807) is 0 Å². The molecule has 0 N–H and O–H groups in total. The van der Waals surface area contributed by atoms with E-state index in [-0.39, 0.29) is 0 Å². The first-order valence-electron chi connectivity index (χ1n) is 4.79. The van der Waals surface area contributed by atoms with Crippen molar-refractivity contribution in [2.75, 3.05) is 26.7 Å². The molecule has 4 heteroatoms. The van der Waals surface area contributed by atoms with Crippen LogP contribution >= 0.6 is 0 Å². The van der Waals surface area contributed by atoms with Crippen LogP contribution < -0.4 is 0 Å². The molecule has 0 bridgehead atoms. The largest absolute Gasteiger partial charge is 0.400 e. The normalized spacial score (nSPS) is 19.5. The summed E-state index contributed by atoms with van der Waals surface area (Å²) in [6.45, 7) is 4.23. The molecule has 1 amide bonds. The molecule has 0 saturated carbocycles. The minimum absolute atomic E-state index is 0.514. The van der Waals surface area contributed by atoms with Gasteiger partial charge in [-0.15, -0.1) is 4.39 Å². The molecule has 1 aliphatic heterocycles. The van der Waals surface area contributed by atoms with Crippen molar-refractivity contribution in [1.29, 1.82) is 0 Å². The molecule has 0 spiro atoms. The lowest BCUT2D eigenvalue weighted by atomic mass is 10.0. The second-order valence-electron chi connectivity index (χ2n) is 3.54. The third-order valence-corrected chi connectivity index (χ3v) is 2.84. The van der Waals surface area contributed by atoms with Gasteiger partial charge in [-0.25, -0.2) is 4.79 Å². The summed E-state index contributed by atoms with van der Waals surface area (Å²) in [6.07, 6.45) is 0.498. The molecule has 0 unspecified atom stereocenters. The van der Waals surface area contributed by atoms with Gasteiger partial charge in [0, 0.05) is 19.1 Å². The van der Waals surface area contributed by atoms with Gasteiger partial charge >= 0.3 is 6.16 Å². The van der Waals surface area contributed by atoms with E-state index in [1.165, 1.54) is 4.90 Å². The average molecular weight is 188 g/mol. The van der Waals surface area contributed by atoms with E-state index < -0.39 is 6.16 Å². The second kappa shape index (κ2) is 4.56. The van der Waals surface area contributed by atoms with Crippen molar-refractivity contribution in [2.24, 2.45) is 0 Å². The average Bonchev–Trinajstić information content (AvgIpc) is 2.17. The molecule has 1 heterocycles. The van der Waals surface area contributed by atoms with Crippen LogP contribution in [-0.2, 0) is 0 Å². The third kappa shape index (κ3) is 2.66. The maximum absolute atomic E-state index is 12.3. The van der Waals surface area contributed by atoms with Gasteiger partial charge in [-0.1, -0.05) is 6.92 Å². The fraction of sp³-hybridized carbons (Fsp3) is 0.889. The Morgan fingerprint density at radius 1 is 1.54 bits per heavy atom. The SMILES string of the molecule is CCN(C)C1CCN(C(=O)F)CC1. The number of hydrogen-bond donors (Lipinski definition) is 0. The molecule has 76 valence electrons. The van der Waals surface area contributed by atoms with Gasteiger partial charge in [-0.3, -0.25) is 0 Å². The summed E-state index contributed by atoms with van der Waals surface area (Å²) < 4.78 is 12.3. The van der Waals surface area contributed by atoms with E-state index in [9.17, 15) is 9.18 Å². The maximum atomic E-state index is 12.3. The van der Waals surface area contributed by atoms with Crippen LogP contribution in [0.2, 0.25) is 0 Å². The number of carbonyl (C=O) groups is 1. The number of amides is 1. The molecule has 0 aromatic rings. The highest BCUT2D eigenvalue weighted by Crippen LogP contribution is 2.15. The van der Waals surface area contributed by atoms with Crippen LogP contribution in [0.3, 0.4) is 0 Å². The first-order valence-corrected chi connectivity index (χ1v) is 4.79. The lowest BCUT2D eigenvalue weighted by Crippen LogP contribution is -2.44. The van der Waals surface area contributed by atoms with Crippen molar-refractivity contribution < 1.29 is 9.18 Å². The minimum Gasteiger partial charge on any atom is -0.315 e. The van der Waals surface area contributed by atoms with Crippen molar-refractivity contribution in [2.45, 2.75) is 25.8 Å². The predicted molar refractivity (Wildman–Crippen MR) is 49.4 cm³/mol. The molecule has 1 fully saturated rings. The standard InChI is InChI=1S/C9H17FN2O/c1-3-11(2)8-4-6-12(7-5-8)9(10)13/h8H,3-7H2,1-2H3. The zero-order valence-corrected chi connectivity index (χ0v) is 8.29. The number of likely N-dealkylation sites (tertiary alicyclic amines) is 1. The van der Waals surface area contributed by atoms with Crippen molar-refractivity contribution in [3.63, 3.8) is 0 Å². The summed E-state index contributed by atoms with van der Waals surface area (Å²) in [6, 6.07) is 0.514. The smallest absolute Gasteiger partial charge is 0.315 e. The van der Waals surface area contributed by atoms with Crippen molar-refractivity contribution in [1.82, 2.24) is 9.80 Å². The zero-order chi connectivity index (χ0) is 9.84. The van der Waals surface area contributed by atoms with Gasteiger partial charge in [-0.2, -0.15) is 0 Å². The number of piperidine rings is 1. The molecule has 1 aliphatic rings. The number of rotatable bonds is 2. The number of hydrogen-bond acceptors (Lipinski definition) is 2. The van der Waals surface area contributed by atoms with E-state index in [4.69, 9.17) is 0 Å². The predicted octanol–water partition coefficient (Wildman–Crippen LogP) is 1.49. The highest BCUT2D eigenvalue weighted by Gasteiger charge is 2.24. The van der Waals surface area contributed by atoms with E-state index in [1.807, 2.05) is 0 Å². The van der Waals surface area contributed by atoms with E-state index in [2.05, 4.69) is 18.9 Å². The molecule has 0 aromatic heterocycles. The summed E-state index contributed by atoms with van der Waals surface area (Å²) >= 11 is 0. The van der Waals surface area contributed by atoms with E-state index in [0.717, 1.165) is 19.4 Å². The Hall–Kier alpha value is -0.640. The Balaban J connectivity index is 2.34. The summed E-state index contributed by atoms with van der Waals surface area (Å²) in [5.41, 5.74) is 0. The quantitative estimate of drug-likeness (QED) is 0.484. The first-order chi connectivity index (χ1) is 6.15. The van der Waals surface area contributed by atoms with Gasteiger partial charge in [0.25, 0.3) is 0 Å². The maximum Gasteiger partial charge on any atom is 0.400 e. The molecule has 0 radical (unpaired) electrons. The molecule has 0 aliphatic carbocycles. The minimum atomic E-state index is -1.28. The van der Waals surface area contributed by atoms with E-state index in [0.29, 0.717) is 19.1 Å². The Bertz CT molecular complexity index is 178. The molecule has 13 heavy (non-hydrogen) atoms. The number of nitrogens with zero attached hydrogens (tertiary/aromatic N) is 2. The fourth-order valence-corrected chi connectivity index (χ4v) is 1.74. The monoisotopic (exact) mass is 188 g/mol. The molecule has 0 atom stereocenters. The summed E-state index contributed by atoms with van der Waals surface area (Å²) in [7, 11) is 2.07. The van der Waals surface area contributed by atoms with Crippen LogP contribution in [0.5, 0.6) is 0 Å². The van der Waals surface area contributed by atoms with Crippen LogP contribution in [-0.4, -0.2) is 48.7 Å². The third-order valence-electron chi connectivity index (χ3n) is 2.84. The van der Waals surface area contributed by atoms with Crippen LogP contribution in [0.25, 0.3) is 0 Å². The number of carbonyl (C=O) groups excluding carboxylic acids is 1. The van der Waals surface area contributed by atoms with Gasteiger partial charge in [-0.05, 0) is 26.4 Å². The first kappa shape index (κ1) is 10.4. The van der Waals surface area contributed by atoms with Gasteiger partial charge < -0.3 is 9.80 Å². The van der Waals surface area contributed by atoms with Crippen LogP contribution in [0.4, 0.5) is 9.18 Å². The summed E-state index contributed by atoms with van der Waals surface area (Å²) in [5.74, 6) is 0. The lowest BCUT2D eigenvalue weighted by Gasteiger charge is -2.34. The fourth-order valence-electron chi connectivity index (χ4n) is 1.74. The number of halogens is 1. The van der Waals surface area contributed by atoms with Gasteiger partial charge in [0.15, 0.2) is 0 Å². The van der Waals surface area contributed by atoms with Crippen LogP contribution in [0.15, 0.2) is 0 Å². The molecule has 3 nitrogen and oxygen atoms in total. The Kier molecular flexibility index (Phi) is 3.66. The molecular weight excluding hydrogens is 171 g/mol. The van der Waals surface area contributed by atoms with Crippen molar-refractivity contribution in [3.8, 4) is 0 Å². The molecule has 1 saturated heterocycles. The zero-order valence-electron chi connectivity index (χ0n) is 8.29. The Morgan fingerprint density at radius 2 is 2.08 bits per heavy atom.